The average molecular weight is 296 g/mol. The van der Waals surface area contributed by atoms with E-state index in [1.165, 1.54) is 12.1 Å². The third-order valence-electron chi connectivity index (χ3n) is 2.65. The van der Waals surface area contributed by atoms with E-state index in [0.29, 0.717) is 10.8 Å². The Kier molecular flexibility index (Phi) is 4.86. The highest BCUT2D eigenvalue weighted by Crippen LogP contribution is 2.29. The van der Waals surface area contributed by atoms with Gasteiger partial charge in [0.1, 0.15) is 11.5 Å². The Morgan fingerprint density at radius 3 is 2.25 bits per heavy atom. The highest BCUT2D eigenvalue weighted by Gasteiger charge is 2.26. The number of thiocarbonyl (C=S) groups is 1. The van der Waals surface area contributed by atoms with Gasteiger partial charge in [-0.3, -0.25) is 0 Å². The SMILES string of the molecule is CC(C)(C)CC(C)(C)NC(=S)Nc1ccc(O)cc1O. The number of benzene rings is 1. The first-order valence-electron chi connectivity index (χ1n) is 6.60. The van der Waals surface area contributed by atoms with Crippen LogP contribution >= 0.6 is 12.2 Å². The molecule has 0 aliphatic rings. The van der Waals surface area contributed by atoms with Gasteiger partial charge in [-0.25, -0.2) is 0 Å². The second kappa shape index (κ2) is 5.87. The quantitative estimate of drug-likeness (QED) is 0.390. The molecule has 0 saturated carbocycles. The van der Waals surface area contributed by atoms with Gasteiger partial charge in [-0.05, 0) is 50.0 Å². The van der Waals surface area contributed by atoms with Crippen molar-refractivity contribution in [1.82, 2.24) is 5.32 Å². The van der Waals surface area contributed by atoms with E-state index in [4.69, 9.17) is 12.2 Å². The van der Waals surface area contributed by atoms with Crippen molar-refractivity contribution in [3.8, 4) is 11.5 Å². The number of phenols is 2. The lowest BCUT2D eigenvalue weighted by Gasteiger charge is -2.34. The van der Waals surface area contributed by atoms with Crippen LogP contribution in [0.1, 0.15) is 41.0 Å². The van der Waals surface area contributed by atoms with Crippen LogP contribution in [0.5, 0.6) is 11.5 Å². The van der Waals surface area contributed by atoms with Gasteiger partial charge in [-0.2, -0.15) is 0 Å². The monoisotopic (exact) mass is 296 g/mol. The van der Waals surface area contributed by atoms with Crippen LogP contribution in [0, 0.1) is 5.41 Å². The Balaban J connectivity index is 2.68. The number of anilines is 1. The van der Waals surface area contributed by atoms with Gasteiger partial charge in [0.25, 0.3) is 0 Å². The molecular formula is C15H24N2O2S. The number of hydrogen-bond donors (Lipinski definition) is 4. The minimum absolute atomic E-state index is 0.0139. The van der Waals surface area contributed by atoms with Crippen molar-refractivity contribution in [3.63, 3.8) is 0 Å². The first-order valence-corrected chi connectivity index (χ1v) is 7.00. The summed E-state index contributed by atoms with van der Waals surface area (Å²) in [7, 11) is 0. The van der Waals surface area contributed by atoms with Gasteiger partial charge >= 0.3 is 0 Å². The molecular weight excluding hydrogens is 272 g/mol. The molecule has 0 heterocycles. The summed E-state index contributed by atoms with van der Waals surface area (Å²) in [4.78, 5) is 0. The number of phenolic OH excluding ortho intramolecular Hbond substituents is 2. The van der Waals surface area contributed by atoms with Gasteiger partial charge in [0, 0.05) is 11.6 Å². The number of hydrogen-bond acceptors (Lipinski definition) is 3. The first-order chi connectivity index (χ1) is 8.98. The van der Waals surface area contributed by atoms with Crippen molar-refractivity contribution >= 4 is 23.0 Å². The van der Waals surface area contributed by atoms with Crippen LogP contribution in [-0.2, 0) is 0 Å². The summed E-state index contributed by atoms with van der Waals surface area (Å²) in [5, 5.41) is 25.6. The topological polar surface area (TPSA) is 64.5 Å². The zero-order valence-electron chi connectivity index (χ0n) is 12.7. The van der Waals surface area contributed by atoms with Crippen molar-refractivity contribution < 1.29 is 10.2 Å². The molecule has 0 bridgehead atoms. The van der Waals surface area contributed by atoms with Gasteiger partial charge in [-0.15, -0.1) is 0 Å². The minimum Gasteiger partial charge on any atom is -0.508 e. The molecule has 0 aliphatic carbocycles. The Bertz CT molecular complexity index is 493. The third kappa shape index (κ3) is 5.65. The lowest BCUT2D eigenvalue weighted by Crippen LogP contribution is -2.47. The summed E-state index contributed by atoms with van der Waals surface area (Å²) in [6, 6.07) is 4.34. The molecule has 4 N–H and O–H groups in total. The fraction of sp³-hybridized carbons (Fsp3) is 0.533. The van der Waals surface area contributed by atoms with E-state index in [9.17, 15) is 10.2 Å². The van der Waals surface area contributed by atoms with Crippen molar-refractivity contribution in [2.24, 2.45) is 5.41 Å². The van der Waals surface area contributed by atoms with Gasteiger partial charge in [-0.1, -0.05) is 20.8 Å². The van der Waals surface area contributed by atoms with Crippen LogP contribution in [-0.4, -0.2) is 20.9 Å². The predicted molar refractivity (Wildman–Crippen MR) is 87.3 cm³/mol. The van der Waals surface area contributed by atoms with Crippen molar-refractivity contribution in [1.29, 1.82) is 0 Å². The summed E-state index contributed by atoms with van der Waals surface area (Å²) in [6.45, 7) is 10.7. The molecule has 0 aliphatic heterocycles. The molecule has 0 amide bonds. The fourth-order valence-corrected chi connectivity index (χ4v) is 2.84. The summed E-state index contributed by atoms with van der Waals surface area (Å²) in [6.07, 6.45) is 0.948. The lowest BCUT2D eigenvalue weighted by atomic mass is 9.82. The largest absolute Gasteiger partial charge is 0.508 e. The molecule has 1 aromatic rings. The normalized spacial score (nSPS) is 12.1. The third-order valence-corrected chi connectivity index (χ3v) is 2.86. The maximum absolute atomic E-state index is 9.72. The second-order valence-corrected chi connectivity index (χ2v) is 7.31. The highest BCUT2D eigenvalue weighted by atomic mass is 32.1. The van der Waals surface area contributed by atoms with E-state index in [2.05, 4.69) is 45.3 Å². The molecule has 112 valence electrons. The van der Waals surface area contributed by atoms with Crippen LogP contribution in [0.3, 0.4) is 0 Å². The van der Waals surface area contributed by atoms with Crippen molar-refractivity contribution in [2.75, 3.05) is 5.32 Å². The van der Waals surface area contributed by atoms with Crippen LogP contribution in [0.4, 0.5) is 5.69 Å². The number of rotatable bonds is 3. The lowest BCUT2D eigenvalue weighted by molar-refractivity contribution is 0.268. The minimum atomic E-state index is -0.158. The number of aromatic hydroxyl groups is 2. The zero-order valence-corrected chi connectivity index (χ0v) is 13.6. The molecule has 1 aromatic carbocycles. The van der Waals surface area contributed by atoms with Crippen LogP contribution in [0.25, 0.3) is 0 Å². The molecule has 1 rings (SSSR count). The Hall–Kier alpha value is -1.49. The molecule has 0 fully saturated rings. The molecule has 0 aromatic heterocycles. The Morgan fingerprint density at radius 1 is 1.15 bits per heavy atom. The number of nitrogens with one attached hydrogen (secondary N) is 2. The Labute approximate surface area is 126 Å². The summed E-state index contributed by atoms with van der Waals surface area (Å²) in [5.41, 5.74) is 0.494. The van der Waals surface area contributed by atoms with E-state index in [0.717, 1.165) is 6.42 Å². The summed E-state index contributed by atoms with van der Waals surface area (Å²) in [5.74, 6) is -0.0252. The molecule has 0 atom stereocenters. The summed E-state index contributed by atoms with van der Waals surface area (Å²) < 4.78 is 0. The molecule has 5 heteroatoms. The van der Waals surface area contributed by atoms with Crippen molar-refractivity contribution in [2.45, 2.75) is 46.6 Å². The predicted octanol–water partition coefficient (Wildman–Crippen LogP) is 3.60. The van der Waals surface area contributed by atoms with Gasteiger partial charge in [0.15, 0.2) is 5.11 Å². The highest BCUT2D eigenvalue weighted by molar-refractivity contribution is 7.80. The second-order valence-electron chi connectivity index (χ2n) is 6.90. The Morgan fingerprint density at radius 2 is 1.75 bits per heavy atom. The molecule has 0 spiro atoms. The van der Waals surface area contributed by atoms with Gasteiger partial charge in [0.05, 0.1) is 5.69 Å². The average Bonchev–Trinajstić information content (AvgIpc) is 2.17. The van der Waals surface area contributed by atoms with E-state index in [-0.39, 0.29) is 22.5 Å². The van der Waals surface area contributed by atoms with Gasteiger partial charge in [0.2, 0.25) is 0 Å². The van der Waals surface area contributed by atoms with Crippen LogP contribution < -0.4 is 10.6 Å². The van der Waals surface area contributed by atoms with Crippen molar-refractivity contribution in [3.05, 3.63) is 18.2 Å². The molecule has 4 nitrogen and oxygen atoms in total. The molecule has 0 radical (unpaired) electrons. The smallest absolute Gasteiger partial charge is 0.171 e. The maximum atomic E-state index is 9.72. The standard InChI is InChI=1S/C15H24N2O2S/c1-14(2,3)9-15(4,5)17-13(20)16-11-7-6-10(18)8-12(11)19/h6-8,18-19H,9H2,1-5H3,(H2,16,17,20). The van der Waals surface area contributed by atoms with E-state index >= 15 is 0 Å². The first kappa shape index (κ1) is 16.6. The van der Waals surface area contributed by atoms with E-state index in [1.807, 2.05) is 0 Å². The van der Waals surface area contributed by atoms with Crippen LogP contribution in [0.15, 0.2) is 18.2 Å². The molecule has 0 unspecified atom stereocenters. The fourth-order valence-electron chi connectivity index (χ4n) is 2.46. The van der Waals surface area contributed by atoms with E-state index < -0.39 is 0 Å². The van der Waals surface area contributed by atoms with Crippen LogP contribution in [0.2, 0.25) is 0 Å². The zero-order chi connectivity index (χ0) is 15.6. The maximum Gasteiger partial charge on any atom is 0.171 e. The summed E-state index contributed by atoms with van der Waals surface area (Å²) >= 11 is 5.27. The molecule has 20 heavy (non-hydrogen) atoms. The van der Waals surface area contributed by atoms with E-state index in [1.54, 1.807) is 6.07 Å². The van der Waals surface area contributed by atoms with Gasteiger partial charge < -0.3 is 20.8 Å². The molecule has 0 saturated heterocycles.